The highest BCUT2D eigenvalue weighted by atomic mass is 79.9. The smallest absolute Gasteiger partial charge is 0.0236 e. The number of rotatable bonds is 3. The van der Waals surface area contributed by atoms with Crippen LogP contribution >= 0.6 is 15.9 Å². The van der Waals surface area contributed by atoms with E-state index < -0.39 is 0 Å². The highest BCUT2D eigenvalue weighted by molar-refractivity contribution is 9.10. The van der Waals surface area contributed by atoms with Gasteiger partial charge in [0.05, 0.1) is 0 Å². The second-order valence-corrected chi connectivity index (χ2v) is 5.99. The zero-order valence-electron chi connectivity index (χ0n) is 10.9. The molecular formula is C15H22BrN. The van der Waals surface area contributed by atoms with Crippen LogP contribution < -0.4 is 5.32 Å². The van der Waals surface area contributed by atoms with Crippen molar-refractivity contribution in [2.45, 2.75) is 58.5 Å². The molecule has 1 aliphatic rings. The predicted octanol–water partition coefficient (Wildman–Crippen LogP) is 4.49. The van der Waals surface area contributed by atoms with Gasteiger partial charge in [-0.05, 0) is 43.4 Å². The molecule has 1 aromatic rings. The van der Waals surface area contributed by atoms with Crippen LogP contribution in [0.2, 0.25) is 0 Å². The summed E-state index contributed by atoms with van der Waals surface area (Å²) in [4.78, 5) is 0. The first-order valence-electron chi connectivity index (χ1n) is 6.66. The fourth-order valence-electron chi connectivity index (χ4n) is 2.61. The monoisotopic (exact) mass is 295 g/mol. The van der Waals surface area contributed by atoms with Crippen LogP contribution in [-0.2, 0) is 6.54 Å². The van der Waals surface area contributed by atoms with Gasteiger partial charge in [-0.2, -0.15) is 0 Å². The van der Waals surface area contributed by atoms with Gasteiger partial charge in [-0.1, -0.05) is 47.3 Å². The molecule has 0 amide bonds. The lowest BCUT2D eigenvalue weighted by Crippen LogP contribution is -2.30. The second-order valence-electron chi connectivity index (χ2n) is 5.20. The number of benzene rings is 1. The van der Waals surface area contributed by atoms with Crippen molar-refractivity contribution in [3.05, 3.63) is 33.3 Å². The molecule has 1 aliphatic carbocycles. The lowest BCUT2D eigenvalue weighted by atomic mass is 9.95. The second kappa shape index (κ2) is 6.01. The van der Waals surface area contributed by atoms with Gasteiger partial charge in [-0.15, -0.1) is 0 Å². The van der Waals surface area contributed by atoms with Crippen molar-refractivity contribution in [2.75, 3.05) is 0 Å². The van der Waals surface area contributed by atoms with E-state index in [-0.39, 0.29) is 0 Å². The lowest BCUT2D eigenvalue weighted by molar-refractivity contribution is 0.372. The van der Waals surface area contributed by atoms with Gasteiger partial charge >= 0.3 is 0 Å². The van der Waals surface area contributed by atoms with Crippen molar-refractivity contribution >= 4 is 15.9 Å². The number of nitrogens with one attached hydrogen (secondary N) is 1. The first-order valence-corrected chi connectivity index (χ1v) is 7.45. The number of hydrogen-bond donors (Lipinski definition) is 1. The summed E-state index contributed by atoms with van der Waals surface area (Å²) in [6.07, 6.45) is 6.92. The maximum absolute atomic E-state index is 3.70. The van der Waals surface area contributed by atoms with Crippen molar-refractivity contribution in [3.8, 4) is 0 Å². The molecule has 1 N–H and O–H groups in total. The Balaban J connectivity index is 1.96. The van der Waals surface area contributed by atoms with Gasteiger partial charge in [0.25, 0.3) is 0 Å². The molecule has 0 saturated heterocycles. The van der Waals surface area contributed by atoms with Gasteiger partial charge in [0.15, 0.2) is 0 Å². The minimum Gasteiger partial charge on any atom is -0.310 e. The first kappa shape index (κ1) is 13.1. The van der Waals surface area contributed by atoms with Crippen LogP contribution in [0.1, 0.15) is 48.8 Å². The number of aryl methyl sites for hydroxylation is 1. The Kier molecular flexibility index (Phi) is 4.63. The first-order chi connectivity index (χ1) is 8.18. The Bertz CT molecular complexity index is 381. The average Bonchev–Trinajstić information content (AvgIpc) is 2.36. The van der Waals surface area contributed by atoms with Crippen LogP contribution in [0.25, 0.3) is 0 Å². The Hall–Kier alpha value is -0.340. The van der Waals surface area contributed by atoms with Crippen LogP contribution in [0.15, 0.2) is 16.6 Å². The van der Waals surface area contributed by atoms with Crippen LogP contribution in [0.3, 0.4) is 0 Å². The van der Waals surface area contributed by atoms with E-state index in [0.717, 1.165) is 12.6 Å². The predicted molar refractivity (Wildman–Crippen MR) is 77.3 cm³/mol. The van der Waals surface area contributed by atoms with Crippen molar-refractivity contribution in [1.82, 2.24) is 5.32 Å². The zero-order valence-corrected chi connectivity index (χ0v) is 12.4. The molecule has 0 unspecified atom stereocenters. The maximum atomic E-state index is 3.70. The molecule has 0 aromatic heterocycles. The highest BCUT2D eigenvalue weighted by Gasteiger charge is 2.13. The van der Waals surface area contributed by atoms with E-state index in [0.29, 0.717) is 0 Å². The third kappa shape index (κ3) is 3.32. The van der Waals surface area contributed by atoms with Crippen molar-refractivity contribution in [1.29, 1.82) is 0 Å². The largest absolute Gasteiger partial charge is 0.310 e. The SMILES string of the molecule is Cc1ccc(CNC2CCCCC2)c(C)c1Br. The Morgan fingerprint density at radius 3 is 2.59 bits per heavy atom. The standard InChI is InChI=1S/C15H22BrN/c1-11-8-9-13(12(2)15(11)16)10-17-14-6-4-3-5-7-14/h8-9,14,17H,3-7,10H2,1-2H3. The minimum atomic E-state index is 0.739. The van der Waals surface area contributed by atoms with E-state index >= 15 is 0 Å². The topological polar surface area (TPSA) is 12.0 Å². The fourth-order valence-corrected chi connectivity index (χ4v) is 3.00. The molecule has 2 heteroatoms. The summed E-state index contributed by atoms with van der Waals surface area (Å²) in [5, 5.41) is 3.70. The van der Waals surface area contributed by atoms with Crippen molar-refractivity contribution in [3.63, 3.8) is 0 Å². The normalized spacial score (nSPS) is 17.4. The summed E-state index contributed by atoms with van der Waals surface area (Å²) in [5.74, 6) is 0. The molecule has 17 heavy (non-hydrogen) atoms. The molecule has 94 valence electrons. The summed E-state index contributed by atoms with van der Waals surface area (Å²) in [6.45, 7) is 5.36. The maximum Gasteiger partial charge on any atom is 0.0236 e. The third-order valence-electron chi connectivity index (χ3n) is 3.88. The third-order valence-corrected chi connectivity index (χ3v) is 5.10. The van der Waals surface area contributed by atoms with Crippen LogP contribution in [-0.4, -0.2) is 6.04 Å². The quantitative estimate of drug-likeness (QED) is 0.866. The summed E-state index contributed by atoms with van der Waals surface area (Å²) >= 11 is 3.67. The fraction of sp³-hybridized carbons (Fsp3) is 0.600. The minimum absolute atomic E-state index is 0.739. The Labute approximate surface area is 113 Å². The van der Waals surface area contributed by atoms with Crippen LogP contribution in [0.5, 0.6) is 0 Å². The molecule has 0 spiro atoms. The molecule has 1 saturated carbocycles. The molecule has 0 heterocycles. The van der Waals surface area contributed by atoms with Gasteiger partial charge in [0.2, 0.25) is 0 Å². The van der Waals surface area contributed by atoms with E-state index in [2.05, 4.69) is 47.2 Å². The Morgan fingerprint density at radius 2 is 1.88 bits per heavy atom. The summed E-state index contributed by atoms with van der Waals surface area (Å²) in [6, 6.07) is 5.20. The average molecular weight is 296 g/mol. The van der Waals surface area contributed by atoms with E-state index in [1.54, 1.807) is 0 Å². The molecular weight excluding hydrogens is 274 g/mol. The van der Waals surface area contributed by atoms with Crippen LogP contribution in [0.4, 0.5) is 0 Å². The zero-order chi connectivity index (χ0) is 12.3. The summed E-state index contributed by atoms with van der Waals surface area (Å²) < 4.78 is 1.26. The molecule has 1 fully saturated rings. The van der Waals surface area contributed by atoms with E-state index in [1.807, 2.05) is 0 Å². The lowest BCUT2D eigenvalue weighted by Gasteiger charge is -2.23. The van der Waals surface area contributed by atoms with E-state index in [1.165, 1.54) is 53.3 Å². The summed E-state index contributed by atoms with van der Waals surface area (Å²) in [7, 11) is 0. The summed E-state index contributed by atoms with van der Waals surface area (Å²) in [5.41, 5.74) is 4.13. The molecule has 0 radical (unpaired) electrons. The molecule has 1 nitrogen and oxygen atoms in total. The van der Waals surface area contributed by atoms with E-state index in [9.17, 15) is 0 Å². The molecule has 0 atom stereocenters. The van der Waals surface area contributed by atoms with Gasteiger partial charge in [0.1, 0.15) is 0 Å². The molecule has 0 aliphatic heterocycles. The number of halogens is 1. The van der Waals surface area contributed by atoms with Crippen molar-refractivity contribution < 1.29 is 0 Å². The number of hydrogen-bond acceptors (Lipinski definition) is 1. The van der Waals surface area contributed by atoms with Gasteiger partial charge in [-0.25, -0.2) is 0 Å². The van der Waals surface area contributed by atoms with Crippen LogP contribution in [0, 0.1) is 13.8 Å². The molecule has 0 bridgehead atoms. The Morgan fingerprint density at radius 1 is 1.18 bits per heavy atom. The molecule has 1 aromatic carbocycles. The van der Waals surface area contributed by atoms with Gasteiger partial charge in [0, 0.05) is 17.1 Å². The molecule has 2 rings (SSSR count). The highest BCUT2D eigenvalue weighted by Crippen LogP contribution is 2.24. The van der Waals surface area contributed by atoms with Crippen molar-refractivity contribution in [2.24, 2.45) is 0 Å². The van der Waals surface area contributed by atoms with Gasteiger partial charge < -0.3 is 5.32 Å². The van der Waals surface area contributed by atoms with Gasteiger partial charge in [-0.3, -0.25) is 0 Å². The van der Waals surface area contributed by atoms with E-state index in [4.69, 9.17) is 0 Å².